The fourth-order valence-corrected chi connectivity index (χ4v) is 5.20. The number of sulfonamides is 1. The highest BCUT2D eigenvalue weighted by Gasteiger charge is 2.32. The predicted molar refractivity (Wildman–Crippen MR) is 112 cm³/mol. The summed E-state index contributed by atoms with van der Waals surface area (Å²) in [5.74, 6) is -1.58. The fourth-order valence-electron chi connectivity index (χ4n) is 3.74. The van der Waals surface area contributed by atoms with Crippen LogP contribution in [0.3, 0.4) is 0 Å². The van der Waals surface area contributed by atoms with Gasteiger partial charge in [-0.05, 0) is 61.1 Å². The van der Waals surface area contributed by atoms with Crippen LogP contribution in [-0.2, 0) is 10.0 Å². The Labute approximate surface area is 175 Å². The fraction of sp³-hybridized carbons (Fsp3) is 0.409. The summed E-state index contributed by atoms with van der Waals surface area (Å²) in [6.07, 6.45) is 2.62. The first-order chi connectivity index (χ1) is 14.1. The second kappa shape index (κ2) is 8.81. The second-order valence-corrected chi connectivity index (χ2v) is 9.74. The van der Waals surface area contributed by atoms with Gasteiger partial charge in [-0.1, -0.05) is 32.8 Å². The Bertz CT molecular complexity index is 1060. The van der Waals surface area contributed by atoms with Gasteiger partial charge in [0.05, 0.1) is 0 Å². The van der Waals surface area contributed by atoms with Crippen molar-refractivity contribution < 1.29 is 22.0 Å². The summed E-state index contributed by atoms with van der Waals surface area (Å²) in [6.45, 7) is 5.65. The maximum Gasteiger partial charge on any atom is 0.255 e. The first kappa shape index (κ1) is 22.4. The van der Waals surface area contributed by atoms with Crippen molar-refractivity contribution in [1.82, 2.24) is 4.72 Å². The minimum atomic E-state index is -4.15. The molecule has 3 atom stereocenters. The molecule has 3 rings (SSSR count). The third-order valence-corrected chi connectivity index (χ3v) is 7.43. The van der Waals surface area contributed by atoms with Crippen molar-refractivity contribution in [2.24, 2.45) is 11.8 Å². The van der Waals surface area contributed by atoms with E-state index in [2.05, 4.69) is 17.0 Å². The van der Waals surface area contributed by atoms with Crippen LogP contribution >= 0.6 is 0 Å². The molecule has 5 nitrogen and oxygen atoms in total. The molecule has 1 aliphatic rings. The van der Waals surface area contributed by atoms with E-state index in [1.807, 2.05) is 6.92 Å². The Kier molecular flexibility index (Phi) is 6.57. The molecule has 3 unspecified atom stereocenters. The number of benzene rings is 2. The Morgan fingerprint density at radius 1 is 1.03 bits per heavy atom. The Balaban J connectivity index is 1.83. The van der Waals surface area contributed by atoms with Crippen LogP contribution in [0.5, 0.6) is 0 Å². The van der Waals surface area contributed by atoms with Crippen molar-refractivity contribution in [2.75, 3.05) is 5.32 Å². The normalized spacial score (nSPS) is 22.0. The van der Waals surface area contributed by atoms with Crippen LogP contribution in [0, 0.1) is 30.4 Å². The van der Waals surface area contributed by atoms with Crippen molar-refractivity contribution in [1.29, 1.82) is 0 Å². The largest absolute Gasteiger partial charge is 0.322 e. The molecule has 8 heteroatoms. The van der Waals surface area contributed by atoms with Crippen molar-refractivity contribution in [3.05, 3.63) is 59.2 Å². The van der Waals surface area contributed by atoms with Gasteiger partial charge < -0.3 is 5.32 Å². The van der Waals surface area contributed by atoms with E-state index in [0.29, 0.717) is 17.9 Å². The van der Waals surface area contributed by atoms with Crippen LogP contribution in [0.1, 0.15) is 49.0 Å². The lowest BCUT2D eigenvalue weighted by Crippen LogP contribution is -2.43. The topological polar surface area (TPSA) is 75.3 Å². The van der Waals surface area contributed by atoms with Gasteiger partial charge in [-0.2, -0.15) is 0 Å². The number of rotatable bonds is 5. The van der Waals surface area contributed by atoms with Crippen LogP contribution in [-0.4, -0.2) is 20.4 Å². The molecule has 30 heavy (non-hydrogen) atoms. The van der Waals surface area contributed by atoms with Crippen molar-refractivity contribution >= 4 is 21.6 Å². The summed E-state index contributed by atoms with van der Waals surface area (Å²) < 4.78 is 56.4. The Morgan fingerprint density at radius 2 is 1.77 bits per heavy atom. The maximum atomic E-state index is 14.4. The highest BCUT2D eigenvalue weighted by Crippen LogP contribution is 2.31. The summed E-state index contributed by atoms with van der Waals surface area (Å²) in [5, 5.41) is 2.50. The zero-order valence-electron chi connectivity index (χ0n) is 17.2. The maximum absolute atomic E-state index is 14.4. The van der Waals surface area contributed by atoms with Gasteiger partial charge in [0.2, 0.25) is 10.0 Å². The van der Waals surface area contributed by atoms with Gasteiger partial charge in [-0.15, -0.1) is 0 Å². The number of hydrogen-bond donors (Lipinski definition) is 2. The molecule has 0 heterocycles. The standard InChI is InChI=1S/C22H26F2N2O3S/c1-13-5-4-6-20(15(13)3)26-30(28,29)21-11-16(8-10-18(21)23)22(27)25-17-9-7-14(2)19(24)12-17/h7-13,15,20,26H,4-6H2,1-3H3,(H,25,27). The van der Waals surface area contributed by atoms with Crippen LogP contribution in [0.4, 0.5) is 14.5 Å². The zero-order valence-corrected chi connectivity index (χ0v) is 18.0. The average molecular weight is 437 g/mol. The van der Waals surface area contributed by atoms with E-state index < -0.39 is 32.5 Å². The third-order valence-electron chi connectivity index (χ3n) is 5.93. The molecular weight excluding hydrogens is 410 g/mol. The monoisotopic (exact) mass is 436 g/mol. The van der Waals surface area contributed by atoms with Crippen molar-refractivity contribution in [2.45, 2.75) is 51.0 Å². The molecule has 0 aromatic heterocycles. The molecule has 2 aromatic carbocycles. The number of nitrogens with one attached hydrogen (secondary N) is 2. The van der Waals surface area contributed by atoms with Gasteiger partial charge >= 0.3 is 0 Å². The number of hydrogen-bond acceptors (Lipinski definition) is 3. The molecule has 0 spiro atoms. The third kappa shape index (κ3) is 4.87. The molecule has 162 valence electrons. The number of amides is 1. The zero-order chi connectivity index (χ0) is 22.1. The number of halogens is 2. The number of carbonyl (C=O) groups is 1. The summed E-state index contributed by atoms with van der Waals surface area (Å²) in [4.78, 5) is 11.9. The molecular formula is C22H26F2N2O3S. The van der Waals surface area contributed by atoms with Gasteiger partial charge in [0.25, 0.3) is 5.91 Å². The lowest BCUT2D eigenvalue weighted by molar-refractivity contribution is 0.102. The van der Waals surface area contributed by atoms with Crippen LogP contribution in [0.2, 0.25) is 0 Å². The predicted octanol–water partition coefficient (Wildman–Crippen LogP) is 4.63. The van der Waals surface area contributed by atoms with E-state index in [4.69, 9.17) is 0 Å². The molecule has 0 radical (unpaired) electrons. The molecule has 1 fully saturated rings. The minimum Gasteiger partial charge on any atom is -0.322 e. The highest BCUT2D eigenvalue weighted by molar-refractivity contribution is 7.89. The number of aryl methyl sites for hydroxylation is 1. The number of anilines is 1. The van der Waals surface area contributed by atoms with Gasteiger partial charge in [0.1, 0.15) is 16.5 Å². The molecule has 0 bridgehead atoms. The van der Waals surface area contributed by atoms with Crippen LogP contribution in [0.15, 0.2) is 41.3 Å². The molecule has 2 aromatic rings. The van der Waals surface area contributed by atoms with E-state index in [-0.39, 0.29) is 23.2 Å². The van der Waals surface area contributed by atoms with Crippen molar-refractivity contribution in [3.8, 4) is 0 Å². The molecule has 1 amide bonds. The molecule has 0 aliphatic heterocycles. The Hall–Kier alpha value is -2.32. The van der Waals surface area contributed by atoms with Crippen LogP contribution < -0.4 is 10.0 Å². The SMILES string of the molecule is Cc1ccc(NC(=O)c2ccc(F)c(S(=O)(=O)NC3CCCC(C)C3C)c2)cc1F. The Morgan fingerprint density at radius 3 is 2.47 bits per heavy atom. The molecule has 0 saturated heterocycles. The molecule has 2 N–H and O–H groups in total. The van der Waals surface area contributed by atoms with Gasteiger partial charge in [-0.25, -0.2) is 21.9 Å². The van der Waals surface area contributed by atoms with E-state index in [0.717, 1.165) is 25.0 Å². The lowest BCUT2D eigenvalue weighted by atomic mass is 9.78. The van der Waals surface area contributed by atoms with E-state index in [1.165, 1.54) is 24.3 Å². The van der Waals surface area contributed by atoms with Gasteiger partial charge in [0.15, 0.2) is 0 Å². The summed E-state index contributed by atoms with van der Waals surface area (Å²) in [5.41, 5.74) is 0.614. The second-order valence-electron chi connectivity index (χ2n) is 8.06. The smallest absolute Gasteiger partial charge is 0.255 e. The molecule has 1 saturated carbocycles. The van der Waals surface area contributed by atoms with E-state index >= 15 is 0 Å². The average Bonchev–Trinajstić information content (AvgIpc) is 2.68. The number of carbonyl (C=O) groups excluding carboxylic acids is 1. The highest BCUT2D eigenvalue weighted by atomic mass is 32.2. The van der Waals surface area contributed by atoms with E-state index in [9.17, 15) is 22.0 Å². The summed E-state index contributed by atoms with van der Waals surface area (Å²) in [7, 11) is -4.15. The first-order valence-electron chi connectivity index (χ1n) is 9.98. The van der Waals surface area contributed by atoms with Gasteiger partial charge in [0, 0.05) is 17.3 Å². The first-order valence-corrected chi connectivity index (χ1v) is 11.5. The van der Waals surface area contributed by atoms with Gasteiger partial charge in [-0.3, -0.25) is 4.79 Å². The minimum absolute atomic E-state index is 0.0391. The molecule has 1 aliphatic carbocycles. The summed E-state index contributed by atoms with van der Waals surface area (Å²) >= 11 is 0. The van der Waals surface area contributed by atoms with Crippen LogP contribution in [0.25, 0.3) is 0 Å². The quantitative estimate of drug-likeness (QED) is 0.718. The van der Waals surface area contributed by atoms with E-state index in [1.54, 1.807) is 6.92 Å². The van der Waals surface area contributed by atoms with Crippen molar-refractivity contribution in [3.63, 3.8) is 0 Å². The lowest BCUT2D eigenvalue weighted by Gasteiger charge is -2.34. The summed E-state index contributed by atoms with van der Waals surface area (Å²) in [6, 6.07) is 7.08.